The van der Waals surface area contributed by atoms with Crippen LogP contribution in [0.2, 0.25) is 0 Å². The maximum absolute atomic E-state index is 10.6. The summed E-state index contributed by atoms with van der Waals surface area (Å²) in [6.45, 7) is 6.18. The molecule has 2 N–H and O–H groups in total. The first-order valence-corrected chi connectivity index (χ1v) is 8.13. The van der Waals surface area contributed by atoms with Crippen LogP contribution in [0.3, 0.4) is 0 Å². The molecule has 0 fully saturated rings. The number of benzene rings is 1. The van der Waals surface area contributed by atoms with Crippen molar-refractivity contribution in [3.8, 4) is 5.75 Å². The highest BCUT2D eigenvalue weighted by atomic mass is 16.5. The van der Waals surface area contributed by atoms with Gasteiger partial charge in [0.15, 0.2) is 6.61 Å². The fourth-order valence-corrected chi connectivity index (χ4v) is 3.08. The van der Waals surface area contributed by atoms with Gasteiger partial charge in [-0.25, -0.2) is 4.79 Å². The molecular formula is C20H24O4. The van der Waals surface area contributed by atoms with Gasteiger partial charge in [-0.2, -0.15) is 0 Å². The number of carboxylic acid groups (broad SMARTS) is 1. The van der Waals surface area contributed by atoms with Crippen molar-refractivity contribution < 1.29 is 19.7 Å². The lowest BCUT2D eigenvalue weighted by molar-refractivity contribution is -0.139. The molecule has 4 nitrogen and oxygen atoms in total. The molecule has 24 heavy (non-hydrogen) atoms. The zero-order valence-electron chi connectivity index (χ0n) is 14.3. The van der Waals surface area contributed by atoms with Crippen LogP contribution in [-0.2, 0) is 4.79 Å². The molecule has 0 amide bonds. The summed E-state index contributed by atoms with van der Waals surface area (Å²) in [6.07, 6.45) is 6.29. The lowest BCUT2D eigenvalue weighted by atomic mass is 9.81. The molecule has 0 aromatic heterocycles. The topological polar surface area (TPSA) is 66.8 Å². The summed E-state index contributed by atoms with van der Waals surface area (Å²) in [7, 11) is 0. The van der Waals surface area contributed by atoms with E-state index in [0.29, 0.717) is 17.4 Å². The molecule has 1 aliphatic carbocycles. The van der Waals surface area contributed by atoms with Crippen molar-refractivity contribution in [2.24, 2.45) is 5.92 Å². The van der Waals surface area contributed by atoms with Gasteiger partial charge in [0.2, 0.25) is 0 Å². The molecule has 0 radical (unpaired) electrons. The number of ether oxygens (including phenoxy) is 1. The molecule has 2 rings (SSSR count). The summed E-state index contributed by atoms with van der Waals surface area (Å²) < 4.78 is 5.18. The van der Waals surface area contributed by atoms with Crippen LogP contribution in [0.1, 0.15) is 38.7 Å². The number of hydrogen-bond donors (Lipinski definition) is 2. The third-order valence-electron chi connectivity index (χ3n) is 4.19. The smallest absolute Gasteiger partial charge is 0.341 e. The number of aliphatic hydroxyl groups excluding tert-OH is 1. The van der Waals surface area contributed by atoms with E-state index in [2.05, 4.69) is 20.8 Å². The maximum Gasteiger partial charge on any atom is 0.341 e. The highest BCUT2D eigenvalue weighted by molar-refractivity contribution is 5.68. The average Bonchev–Trinajstić information content (AvgIpc) is 2.55. The quantitative estimate of drug-likeness (QED) is 0.800. The Bertz CT molecular complexity index is 678. The molecule has 1 aliphatic rings. The van der Waals surface area contributed by atoms with Crippen molar-refractivity contribution in [3.63, 3.8) is 0 Å². The molecule has 0 bridgehead atoms. The Morgan fingerprint density at radius 2 is 1.83 bits per heavy atom. The fraction of sp³-hybridized carbons (Fsp3) is 0.350. The first-order chi connectivity index (χ1) is 11.4. The average molecular weight is 328 g/mol. The molecule has 1 aromatic rings. The number of rotatable bonds is 6. The van der Waals surface area contributed by atoms with Gasteiger partial charge in [0.25, 0.3) is 0 Å². The van der Waals surface area contributed by atoms with Crippen LogP contribution in [0.15, 0.2) is 59.4 Å². The highest BCUT2D eigenvalue weighted by Crippen LogP contribution is 2.35. The Hall–Kier alpha value is -2.49. The molecule has 0 saturated carbocycles. The second kappa shape index (κ2) is 7.86. The van der Waals surface area contributed by atoms with E-state index in [4.69, 9.17) is 9.84 Å². The highest BCUT2D eigenvalue weighted by Gasteiger charge is 2.19. The third-order valence-corrected chi connectivity index (χ3v) is 4.19. The number of carbonyl (C=O) groups is 1. The number of allylic oxidation sites excluding steroid dienone is 5. The summed E-state index contributed by atoms with van der Waals surface area (Å²) in [5, 5.41) is 18.2. The van der Waals surface area contributed by atoms with Gasteiger partial charge < -0.3 is 14.9 Å². The number of aliphatic carboxylic acids is 1. The minimum atomic E-state index is -0.986. The number of hydrogen-bond acceptors (Lipinski definition) is 3. The minimum Gasteiger partial charge on any atom is -0.508 e. The van der Waals surface area contributed by atoms with Gasteiger partial charge in [-0.3, -0.25) is 0 Å². The van der Waals surface area contributed by atoms with Gasteiger partial charge in [-0.05, 0) is 47.8 Å². The van der Waals surface area contributed by atoms with Crippen molar-refractivity contribution in [1.82, 2.24) is 0 Å². The zero-order chi connectivity index (χ0) is 17.7. The van der Waals surface area contributed by atoms with E-state index in [1.54, 1.807) is 18.2 Å². The van der Waals surface area contributed by atoms with Crippen molar-refractivity contribution in [2.45, 2.75) is 33.1 Å². The van der Waals surface area contributed by atoms with Gasteiger partial charge in [-0.1, -0.05) is 44.6 Å². The second-order valence-corrected chi connectivity index (χ2v) is 6.27. The van der Waals surface area contributed by atoms with Crippen molar-refractivity contribution >= 4 is 5.97 Å². The summed E-state index contributed by atoms with van der Waals surface area (Å²) in [4.78, 5) is 10.6. The molecule has 0 aliphatic heterocycles. The minimum absolute atomic E-state index is 0.229. The van der Waals surface area contributed by atoms with Gasteiger partial charge in [-0.15, -0.1) is 0 Å². The summed E-state index contributed by atoms with van der Waals surface area (Å²) in [5.74, 6) is 0.495. The van der Waals surface area contributed by atoms with E-state index in [0.717, 1.165) is 12.0 Å². The first kappa shape index (κ1) is 17.9. The second-order valence-electron chi connectivity index (χ2n) is 6.27. The Kier molecular flexibility index (Phi) is 5.85. The van der Waals surface area contributed by atoms with Gasteiger partial charge in [0.1, 0.15) is 11.5 Å². The monoisotopic (exact) mass is 328 g/mol. The summed E-state index contributed by atoms with van der Waals surface area (Å²) >= 11 is 0. The zero-order valence-corrected chi connectivity index (χ0v) is 14.3. The van der Waals surface area contributed by atoms with Crippen molar-refractivity contribution in [2.75, 3.05) is 6.61 Å². The van der Waals surface area contributed by atoms with E-state index in [-0.39, 0.29) is 12.5 Å². The van der Waals surface area contributed by atoms with E-state index < -0.39 is 5.97 Å². The van der Waals surface area contributed by atoms with Crippen molar-refractivity contribution in [1.29, 1.82) is 0 Å². The fourth-order valence-electron chi connectivity index (χ4n) is 3.08. The molecule has 0 heterocycles. The Labute approximate surface area is 142 Å². The standard InChI is InChI=1S/C20H24O4/c1-13(2)20(16-4-8-17(21)9-5-16)14(3)15-6-10-18(11-7-15)24-12-19(22)23/h4,6-11,13-14,21H,5,12H2,1-3H3,(H,22,23). The molecule has 128 valence electrons. The van der Waals surface area contributed by atoms with Crippen LogP contribution >= 0.6 is 0 Å². The Morgan fingerprint density at radius 1 is 1.17 bits per heavy atom. The lowest BCUT2D eigenvalue weighted by Gasteiger charge is -2.24. The van der Waals surface area contributed by atoms with Gasteiger partial charge in [0.05, 0.1) is 0 Å². The molecule has 0 saturated heterocycles. The maximum atomic E-state index is 10.6. The number of aliphatic hydroxyl groups is 1. The summed E-state index contributed by atoms with van der Waals surface area (Å²) in [6, 6.07) is 7.56. The van der Waals surface area contributed by atoms with E-state index in [9.17, 15) is 9.90 Å². The third kappa shape index (κ3) is 4.51. The lowest BCUT2D eigenvalue weighted by Crippen LogP contribution is -2.10. The molecule has 1 unspecified atom stereocenters. The van der Waals surface area contributed by atoms with Gasteiger partial charge >= 0.3 is 5.97 Å². The van der Waals surface area contributed by atoms with Crippen LogP contribution in [0.4, 0.5) is 0 Å². The SMILES string of the molecule is CC(C)C(=C1C=CC(O)=CC1)C(C)c1ccc(OCC(=O)O)cc1. The summed E-state index contributed by atoms with van der Waals surface area (Å²) in [5.41, 5.74) is 3.73. The molecule has 1 aromatic carbocycles. The van der Waals surface area contributed by atoms with Crippen molar-refractivity contribution in [3.05, 3.63) is 65.0 Å². The number of carboxylic acids is 1. The van der Waals surface area contributed by atoms with Crippen LogP contribution < -0.4 is 4.74 Å². The van der Waals surface area contributed by atoms with E-state index in [1.807, 2.05) is 24.3 Å². The Balaban J connectivity index is 2.22. The Morgan fingerprint density at radius 3 is 2.33 bits per heavy atom. The van der Waals surface area contributed by atoms with Crippen LogP contribution in [0.5, 0.6) is 5.75 Å². The molecule has 4 heteroatoms. The molecule has 1 atom stereocenters. The van der Waals surface area contributed by atoms with E-state index >= 15 is 0 Å². The normalized spacial score (nSPS) is 17.4. The van der Waals surface area contributed by atoms with Crippen LogP contribution in [-0.4, -0.2) is 22.8 Å². The predicted octanol–water partition coefficient (Wildman–Crippen LogP) is 4.61. The van der Waals surface area contributed by atoms with Gasteiger partial charge in [0, 0.05) is 5.92 Å². The van der Waals surface area contributed by atoms with Crippen LogP contribution in [0, 0.1) is 5.92 Å². The molecule has 0 spiro atoms. The largest absolute Gasteiger partial charge is 0.508 e. The first-order valence-electron chi connectivity index (χ1n) is 8.13. The van der Waals surface area contributed by atoms with Crippen LogP contribution in [0.25, 0.3) is 0 Å². The molecular weight excluding hydrogens is 304 g/mol. The predicted molar refractivity (Wildman–Crippen MR) is 94.3 cm³/mol. The van der Waals surface area contributed by atoms with E-state index in [1.165, 1.54) is 11.1 Å².